The number of thiophene rings is 1. The van der Waals surface area contributed by atoms with E-state index < -0.39 is 0 Å². The fourth-order valence-corrected chi connectivity index (χ4v) is 7.70. The van der Waals surface area contributed by atoms with Crippen LogP contribution in [0.3, 0.4) is 0 Å². The van der Waals surface area contributed by atoms with Crippen molar-refractivity contribution >= 4 is 85.6 Å². The summed E-state index contributed by atoms with van der Waals surface area (Å²) >= 11 is 1.89. The van der Waals surface area contributed by atoms with Crippen LogP contribution in [0.4, 0.5) is 0 Å². The van der Waals surface area contributed by atoms with Crippen LogP contribution in [0.5, 0.6) is 0 Å². The first-order valence-electron chi connectivity index (χ1n) is 13.0. The van der Waals surface area contributed by atoms with E-state index in [-0.39, 0.29) is 0 Å². The van der Waals surface area contributed by atoms with Crippen molar-refractivity contribution in [3.05, 3.63) is 127 Å². The third-order valence-corrected chi connectivity index (χ3v) is 9.30. The molecule has 0 bridgehead atoms. The highest BCUT2D eigenvalue weighted by Crippen LogP contribution is 2.44. The highest BCUT2D eigenvalue weighted by Gasteiger charge is 2.18. The van der Waals surface area contributed by atoms with Gasteiger partial charge in [0.15, 0.2) is 0 Å². The van der Waals surface area contributed by atoms with Gasteiger partial charge in [-0.15, -0.1) is 11.3 Å². The van der Waals surface area contributed by atoms with Crippen LogP contribution in [0.15, 0.2) is 127 Å². The molecule has 2 heteroatoms. The predicted octanol–water partition coefficient (Wildman–Crippen LogP) is 10.6. The Morgan fingerprint density at radius 1 is 0.368 bits per heavy atom. The molecule has 0 N–H and O–H groups in total. The van der Waals surface area contributed by atoms with Crippen LogP contribution >= 0.6 is 11.3 Å². The van der Waals surface area contributed by atoms with Crippen LogP contribution < -0.4 is 0 Å². The minimum Gasteiger partial charge on any atom is -0.309 e. The van der Waals surface area contributed by atoms with Gasteiger partial charge in [-0.3, -0.25) is 0 Å². The summed E-state index contributed by atoms with van der Waals surface area (Å²) in [6.45, 7) is 0. The molecule has 0 radical (unpaired) electrons. The average molecular weight is 500 g/mol. The number of hydrogen-bond donors (Lipinski definition) is 0. The molecule has 2 heterocycles. The van der Waals surface area contributed by atoms with Gasteiger partial charge in [-0.25, -0.2) is 0 Å². The number of nitrogens with zero attached hydrogens (tertiary/aromatic N) is 1. The predicted molar refractivity (Wildman–Crippen MR) is 166 cm³/mol. The molecule has 0 fully saturated rings. The normalized spacial score (nSPS) is 12.2. The molecule has 0 saturated carbocycles. The molecule has 7 aromatic carbocycles. The molecular weight excluding hydrogens is 478 g/mol. The molecule has 9 rings (SSSR count). The standard InChI is InChI=1S/C36H21NS/c1-2-11-25-23(9-1)24-10-3-4-12-26(24)30-21-22(17-18-27(25)30)37-31-15-7-5-13-28(31)35-32(37)19-20-34-36(35)29-14-6-8-16-33(29)38-34/h1-21H. The highest BCUT2D eigenvalue weighted by atomic mass is 32.1. The molecule has 1 nitrogen and oxygen atoms in total. The van der Waals surface area contributed by atoms with Gasteiger partial charge >= 0.3 is 0 Å². The van der Waals surface area contributed by atoms with Crippen LogP contribution in [-0.4, -0.2) is 4.57 Å². The summed E-state index contributed by atoms with van der Waals surface area (Å²) in [5.41, 5.74) is 3.70. The second-order valence-electron chi connectivity index (χ2n) is 10.1. The van der Waals surface area contributed by atoms with E-state index >= 15 is 0 Å². The highest BCUT2D eigenvalue weighted by molar-refractivity contribution is 7.26. The summed E-state index contributed by atoms with van der Waals surface area (Å²) in [6.07, 6.45) is 0. The first kappa shape index (κ1) is 20.4. The number of rotatable bonds is 1. The van der Waals surface area contributed by atoms with E-state index in [1.165, 1.54) is 80.0 Å². The second-order valence-corrected chi connectivity index (χ2v) is 11.2. The molecule has 0 aliphatic heterocycles. The van der Waals surface area contributed by atoms with Gasteiger partial charge in [-0.2, -0.15) is 0 Å². The molecular formula is C36H21NS. The molecule has 9 aromatic rings. The van der Waals surface area contributed by atoms with Gasteiger partial charge in [0, 0.05) is 36.6 Å². The summed E-state index contributed by atoms with van der Waals surface area (Å²) in [6, 6.07) is 46.9. The lowest BCUT2D eigenvalue weighted by molar-refractivity contribution is 1.19. The van der Waals surface area contributed by atoms with Gasteiger partial charge in [-0.1, -0.05) is 91.0 Å². The van der Waals surface area contributed by atoms with Crippen molar-refractivity contribution in [2.45, 2.75) is 0 Å². The van der Waals surface area contributed by atoms with Crippen LogP contribution in [0.25, 0.3) is 80.0 Å². The monoisotopic (exact) mass is 499 g/mol. The molecule has 176 valence electrons. The van der Waals surface area contributed by atoms with E-state index in [9.17, 15) is 0 Å². The Morgan fingerprint density at radius 3 is 1.68 bits per heavy atom. The molecule has 0 amide bonds. The molecule has 0 unspecified atom stereocenters. The Balaban J connectivity index is 1.46. The Kier molecular flexibility index (Phi) is 3.99. The Labute approximate surface area is 222 Å². The van der Waals surface area contributed by atoms with E-state index in [1.54, 1.807) is 0 Å². The SMILES string of the molecule is c1ccc2c(c1)sc1ccc3c(c4ccccc4n3-c3ccc4c5ccccc5c5ccccc5c4c3)c12. The summed E-state index contributed by atoms with van der Waals surface area (Å²) < 4.78 is 5.15. The fourth-order valence-electron chi connectivity index (χ4n) is 6.59. The summed E-state index contributed by atoms with van der Waals surface area (Å²) in [4.78, 5) is 0. The summed E-state index contributed by atoms with van der Waals surface area (Å²) in [5, 5.41) is 13.2. The van der Waals surface area contributed by atoms with Gasteiger partial charge in [0.1, 0.15) is 0 Å². The number of benzene rings is 7. The van der Waals surface area contributed by atoms with Crippen molar-refractivity contribution in [2.24, 2.45) is 0 Å². The van der Waals surface area contributed by atoms with Crippen LogP contribution in [0.1, 0.15) is 0 Å². The number of para-hydroxylation sites is 1. The summed E-state index contributed by atoms with van der Waals surface area (Å²) in [7, 11) is 0. The smallest absolute Gasteiger partial charge is 0.0548 e. The first-order valence-corrected chi connectivity index (χ1v) is 13.9. The minimum absolute atomic E-state index is 1.20. The van der Waals surface area contributed by atoms with Crippen molar-refractivity contribution in [1.29, 1.82) is 0 Å². The molecule has 2 aromatic heterocycles. The van der Waals surface area contributed by atoms with Gasteiger partial charge in [0.25, 0.3) is 0 Å². The molecule has 0 atom stereocenters. The van der Waals surface area contributed by atoms with Crippen LogP contribution in [-0.2, 0) is 0 Å². The molecule has 0 aliphatic rings. The maximum atomic E-state index is 2.46. The number of hydrogen-bond acceptors (Lipinski definition) is 1. The fraction of sp³-hybridized carbons (Fsp3) is 0. The van der Waals surface area contributed by atoms with Gasteiger partial charge in [0.2, 0.25) is 0 Å². The van der Waals surface area contributed by atoms with Crippen molar-refractivity contribution in [1.82, 2.24) is 4.57 Å². The second kappa shape index (κ2) is 7.44. The minimum atomic E-state index is 1.20. The third-order valence-electron chi connectivity index (χ3n) is 8.16. The molecule has 0 spiro atoms. The first-order chi connectivity index (χ1) is 18.9. The van der Waals surface area contributed by atoms with Gasteiger partial charge in [-0.05, 0) is 68.7 Å². The molecule has 38 heavy (non-hydrogen) atoms. The zero-order valence-corrected chi connectivity index (χ0v) is 21.3. The van der Waals surface area contributed by atoms with Crippen molar-refractivity contribution in [2.75, 3.05) is 0 Å². The summed E-state index contributed by atoms with van der Waals surface area (Å²) in [5.74, 6) is 0. The number of fused-ring (bicyclic) bond motifs is 13. The van der Waals surface area contributed by atoms with Crippen molar-refractivity contribution in [3.8, 4) is 5.69 Å². The average Bonchev–Trinajstić information content (AvgIpc) is 3.52. The van der Waals surface area contributed by atoms with E-state index in [2.05, 4.69) is 132 Å². The lowest BCUT2D eigenvalue weighted by Gasteiger charge is -2.13. The zero-order valence-electron chi connectivity index (χ0n) is 20.5. The topological polar surface area (TPSA) is 4.93 Å². The Hall–Kier alpha value is -4.66. The number of aromatic nitrogens is 1. The maximum absolute atomic E-state index is 2.46. The van der Waals surface area contributed by atoms with Crippen molar-refractivity contribution < 1.29 is 0 Å². The Morgan fingerprint density at radius 2 is 0.947 bits per heavy atom. The van der Waals surface area contributed by atoms with Crippen molar-refractivity contribution in [3.63, 3.8) is 0 Å². The lowest BCUT2D eigenvalue weighted by Crippen LogP contribution is -1.94. The maximum Gasteiger partial charge on any atom is 0.0548 e. The molecule has 0 saturated heterocycles. The van der Waals surface area contributed by atoms with E-state index in [0.717, 1.165) is 0 Å². The van der Waals surface area contributed by atoms with Crippen LogP contribution in [0.2, 0.25) is 0 Å². The van der Waals surface area contributed by atoms with E-state index in [4.69, 9.17) is 0 Å². The van der Waals surface area contributed by atoms with E-state index in [0.29, 0.717) is 0 Å². The zero-order chi connectivity index (χ0) is 24.8. The largest absolute Gasteiger partial charge is 0.309 e. The van der Waals surface area contributed by atoms with Gasteiger partial charge in [0.05, 0.1) is 11.0 Å². The lowest BCUT2D eigenvalue weighted by atomic mass is 9.94. The van der Waals surface area contributed by atoms with E-state index in [1.807, 2.05) is 11.3 Å². The Bertz CT molecular complexity index is 2370. The van der Waals surface area contributed by atoms with Gasteiger partial charge < -0.3 is 4.57 Å². The quantitative estimate of drug-likeness (QED) is 0.198. The van der Waals surface area contributed by atoms with Crippen LogP contribution in [0, 0.1) is 0 Å². The molecule has 0 aliphatic carbocycles. The third kappa shape index (κ3) is 2.60.